The first kappa shape index (κ1) is 69.1. The number of hydrogen-bond donors (Lipinski definition) is 0. The first-order valence-corrected chi connectivity index (χ1v) is 30.4. The van der Waals surface area contributed by atoms with Gasteiger partial charge in [0.1, 0.15) is 13.2 Å². The molecule has 0 fully saturated rings. The van der Waals surface area contributed by atoms with E-state index in [9.17, 15) is 14.4 Å². The van der Waals surface area contributed by atoms with Gasteiger partial charge < -0.3 is 14.2 Å². The van der Waals surface area contributed by atoms with Gasteiger partial charge in [-0.2, -0.15) is 0 Å². The number of rotatable bonds is 54. The highest BCUT2D eigenvalue weighted by Crippen LogP contribution is 2.15. The predicted octanol–water partition coefficient (Wildman–Crippen LogP) is 20.7. The van der Waals surface area contributed by atoms with Crippen LogP contribution >= 0.6 is 0 Å². The van der Waals surface area contributed by atoms with Crippen molar-refractivity contribution in [2.24, 2.45) is 0 Å². The summed E-state index contributed by atoms with van der Waals surface area (Å²) in [4.78, 5) is 38.2. The summed E-state index contributed by atoms with van der Waals surface area (Å²) in [5.41, 5.74) is 0. The Morgan fingerprint density at radius 2 is 0.534 bits per heavy atom. The molecule has 0 saturated heterocycles. The van der Waals surface area contributed by atoms with Crippen LogP contribution in [0.25, 0.3) is 0 Å². The number of carbonyl (C=O) groups excluding carboxylic acids is 3. The van der Waals surface area contributed by atoms with Gasteiger partial charge >= 0.3 is 17.9 Å². The highest BCUT2D eigenvalue weighted by Gasteiger charge is 2.19. The Balaban J connectivity index is 4.37. The van der Waals surface area contributed by atoms with Crippen molar-refractivity contribution in [3.63, 3.8) is 0 Å². The minimum Gasteiger partial charge on any atom is -0.462 e. The second-order valence-corrected chi connectivity index (χ2v) is 19.9. The maximum absolute atomic E-state index is 12.9. The van der Waals surface area contributed by atoms with Crippen molar-refractivity contribution in [3.8, 4) is 0 Å². The Bertz CT molecular complexity index is 1490. The molecule has 0 N–H and O–H groups in total. The summed E-state index contributed by atoms with van der Waals surface area (Å²) in [5, 5.41) is 0. The van der Waals surface area contributed by atoms with Gasteiger partial charge in [-0.05, 0) is 109 Å². The molecule has 0 heterocycles. The fraction of sp³-hybridized carbons (Fsp3) is 0.687. The van der Waals surface area contributed by atoms with Crippen molar-refractivity contribution in [2.45, 2.75) is 284 Å². The Labute approximate surface area is 450 Å². The van der Waals surface area contributed by atoms with Crippen LogP contribution in [0.2, 0.25) is 0 Å². The quantitative estimate of drug-likeness (QED) is 0.0261. The largest absolute Gasteiger partial charge is 0.462 e. The summed E-state index contributed by atoms with van der Waals surface area (Å²) in [6.07, 6.45) is 82.2. The smallest absolute Gasteiger partial charge is 0.306 e. The molecule has 0 aromatic heterocycles. The van der Waals surface area contributed by atoms with Gasteiger partial charge in [-0.25, -0.2) is 0 Å². The molecule has 0 aromatic rings. The van der Waals surface area contributed by atoms with Crippen LogP contribution in [-0.2, 0) is 28.6 Å². The van der Waals surface area contributed by atoms with Crippen LogP contribution in [0.3, 0.4) is 0 Å². The van der Waals surface area contributed by atoms with Crippen LogP contribution in [0.15, 0.2) is 109 Å². The molecule has 0 amide bonds. The summed E-state index contributed by atoms with van der Waals surface area (Å²) < 4.78 is 16.9. The number of unbranched alkanes of at least 4 members (excludes halogenated alkanes) is 25. The third-order valence-corrected chi connectivity index (χ3v) is 12.8. The van der Waals surface area contributed by atoms with Gasteiger partial charge in [-0.15, -0.1) is 0 Å². The number of esters is 3. The lowest BCUT2D eigenvalue weighted by Gasteiger charge is -2.18. The van der Waals surface area contributed by atoms with Crippen LogP contribution < -0.4 is 0 Å². The molecule has 73 heavy (non-hydrogen) atoms. The second kappa shape index (κ2) is 60.6. The summed E-state index contributed by atoms with van der Waals surface area (Å²) in [6, 6.07) is 0. The number of ether oxygens (including phenoxy) is 3. The Hall–Kier alpha value is -3.93. The normalized spacial score (nSPS) is 12.9. The number of allylic oxidation sites excluding steroid dienone is 18. The van der Waals surface area contributed by atoms with E-state index in [2.05, 4.69) is 130 Å². The van der Waals surface area contributed by atoms with E-state index >= 15 is 0 Å². The molecule has 6 heteroatoms. The fourth-order valence-electron chi connectivity index (χ4n) is 8.22. The van der Waals surface area contributed by atoms with E-state index in [0.717, 1.165) is 148 Å². The van der Waals surface area contributed by atoms with Gasteiger partial charge in [-0.3, -0.25) is 14.4 Å². The van der Waals surface area contributed by atoms with Crippen LogP contribution in [0.5, 0.6) is 0 Å². The molecule has 0 spiro atoms. The highest BCUT2D eigenvalue weighted by molar-refractivity contribution is 5.71. The molecule has 0 aliphatic carbocycles. The van der Waals surface area contributed by atoms with E-state index in [-0.39, 0.29) is 31.1 Å². The number of hydrogen-bond acceptors (Lipinski definition) is 6. The lowest BCUT2D eigenvalue weighted by molar-refractivity contribution is -0.167. The molecule has 0 bridgehead atoms. The van der Waals surface area contributed by atoms with Gasteiger partial charge in [0.15, 0.2) is 6.10 Å². The molecule has 416 valence electrons. The van der Waals surface area contributed by atoms with Crippen LogP contribution in [0.4, 0.5) is 0 Å². The minimum atomic E-state index is -0.794. The van der Waals surface area contributed by atoms with E-state index in [1.807, 2.05) is 0 Å². The van der Waals surface area contributed by atoms with Gasteiger partial charge in [0.25, 0.3) is 0 Å². The third kappa shape index (κ3) is 58.8. The topological polar surface area (TPSA) is 78.9 Å². The van der Waals surface area contributed by atoms with Crippen molar-refractivity contribution in [3.05, 3.63) is 109 Å². The van der Waals surface area contributed by atoms with E-state index in [1.54, 1.807) is 0 Å². The van der Waals surface area contributed by atoms with E-state index in [1.165, 1.54) is 89.9 Å². The Morgan fingerprint density at radius 3 is 0.849 bits per heavy atom. The molecule has 0 aliphatic rings. The van der Waals surface area contributed by atoms with Crippen LogP contribution in [0.1, 0.15) is 278 Å². The lowest BCUT2D eigenvalue weighted by atomic mass is 10.0. The van der Waals surface area contributed by atoms with Crippen molar-refractivity contribution in [1.29, 1.82) is 0 Å². The SMILES string of the molecule is CC/C=C\C/C=C\C/C=C\C/C=C\C/C=C\C/C=C\C/C=C\CCCCCCCC(=O)OCC(COC(=O)CCCCCCCCCCCCCC)OC(=O)CCCCCCC/C=C\C/C=C\CCCCCC. The van der Waals surface area contributed by atoms with E-state index in [4.69, 9.17) is 14.2 Å². The highest BCUT2D eigenvalue weighted by atomic mass is 16.6. The molecule has 1 unspecified atom stereocenters. The van der Waals surface area contributed by atoms with Gasteiger partial charge in [0.2, 0.25) is 0 Å². The summed E-state index contributed by atoms with van der Waals surface area (Å²) in [5.74, 6) is -0.919. The summed E-state index contributed by atoms with van der Waals surface area (Å²) >= 11 is 0. The zero-order valence-electron chi connectivity index (χ0n) is 47.6. The monoisotopic (exact) mass is 1010 g/mol. The molecule has 0 rings (SSSR count). The summed E-state index contributed by atoms with van der Waals surface area (Å²) in [6.45, 7) is 6.49. The van der Waals surface area contributed by atoms with Crippen molar-refractivity contribution >= 4 is 17.9 Å². The average Bonchev–Trinajstić information content (AvgIpc) is 3.39. The standard InChI is InChI=1S/C67H112O6/c1-4-7-10-13-16-19-22-25-27-29-30-31-32-33-34-35-36-37-38-39-41-42-45-48-51-54-57-60-66(69)72-63-64(62-71-65(68)59-56-53-50-47-44-24-21-18-15-12-9-6-3)73-67(70)61-58-55-52-49-46-43-40-28-26-23-20-17-14-11-8-5-2/h7,10,16,19-20,23,25,27-28,30-31,33-34,36-37,39-41,64H,4-6,8-9,11-15,17-18,21-22,24,26,29,32,35,38,42-63H2,1-3H3/b10-7-,19-16-,23-20-,27-25-,31-30-,34-33-,37-36-,40-28-,41-39-. The predicted molar refractivity (Wildman–Crippen MR) is 316 cm³/mol. The zero-order valence-corrected chi connectivity index (χ0v) is 47.6. The molecule has 1 atom stereocenters. The molecule has 6 nitrogen and oxygen atoms in total. The maximum Gasteiger partial charge on any atom is 0.306 e. The van der Waals surface area contributed by atoms with E-state index in [0.29, 0.717) is 19.3 Å². The fourth-order valence-corrected chi connectivity index (χ4v) is 8.22. The Kier molecular flexibility index (Phi) is 57.4. The molecule has 0 saturated carbocycles. The minimum absolute atomic E-state index is 0.0891. The first-order chi connectivity index (χ1) is 36.0. The first-order valence-electron chi connectivity index (χ1n) is 30.4. The van der Waals surface area contributed by atoms with Crippen molar-refractivity contribution < 1.29 is 28.6 Å². The van der Waals surface area contributed by atoms with Crippen LogP contribution in [-0.4, -0.2) is 37.2 Å². The molecule has 0 aromatic carbocycles. The third-order valence-electron chi connectivity index (χ3n) is 12.8. The zero-order chi connectivity index (χ0) is 52.9. The molecule has 0 aliphatic heterocycles. The van der Waals surface area contributed by atoms with E-state index < -0.39 is 6.10 Å². The van der Waals surface area contributed by atoms with Gasteiger partial charge in [-0.1, -0.05) is 259 Å². The van der Waals surface area contributed by atoms with Crippen molar-refractivity contribution in [2.75, 3.05) is 13.2 Å². The maximum atomic E-state index is 12.9. The number of carbonyl (C=O) groups is 3. The van der Waals surface area contributed by atoms with Gasteiger partial charge in [0.05, 0.1) is 0 Å². The van der Waals surface area contributed by atoms with Gasteiger partial charge in [0, 0.05) is 19.3 Å². The summed E-state index contributed by atoms with van der Waals surface area (Å²) in [7, 11) is 0. The lowest BCUT2D eigenvalue weighted by Crippen LogP contribution is -2.30. The van der Waals surface area contributed by atoms with Crippen LogP contribution in [0, 0.1) is 0 Å². The molecular weight excluding hydrogens is 901 g/mol. The molecular formula is C67H112O6. The second-order valence-electron chi connectivity index (χ2n) is 19.9. The van der Waals surface area contributed by atoms with Crippen molar-refractivity contribution in [1.82, 2.24) is 0 Å². The molecule has 0 radical (unpaired) electrons. The Morgan fingerprint density at radius 1 is 0.288 bits per heavy atom. The average molecular weight is 1010 g/mol.